The van der Waals surface area contributed by atoms with E-state index in [9.17, 15) is 0 Å². The molecule has 0 aromatic rings. The van der Waals surface area contributed by atoms with Gasteiger partial charge in [-0.1, -0.05) is 19.3 Å². The van der Waals surface area contributed by atoms with Gasteiger partial charge in [0.2, 0.25) is 0 Å². The van der Waals surface area contributed by atoms with Crippen molar-refractivity contribution in [2.45, 2.75) is 32.1 Å². The van der Waals surface area contributed by atoms with Gasteiger partial charge in [-0.25, -0.2) is 0 Å². The van der Waals surface area contributed by atoms with E-state index in [1.807, 2.05) is 0 Å². The molecule has 1 aliphatic carbocycles. The average Bonchev–Trinajstić information content (AvgIpc) is 2.26. The van der Waals surface area contributed by atoms with Gasteiger partial charge < -0.3 is 10.2 Å². The molecule has 0 aromatic heterocycles. The topological polar surface area (TPSA) is 15.3 Å². The Morgan fingerprint density at radius 2 is 1.87 bits per heavy atom. The summed E-state index contributed by atoms with van der Waals surface area (Å²) in [5, 5.41) is 3.55. The van der Waals surface area contributed by atoms with Gasteiger partial charge in [0.15, 0.2) is 0 Å². The molecule has 0 amide bonds. The largest absolute Gasteiger partial charge is 0.315 e. The van der Waals surface area contributed by atoms with Crippen LogP contribution >= 0.6 is 11.6 Å². The third kappa shape index (κ3) is 4.71. The van der Waals surface area contributed by atoms with Crippen LogP contribution in [0.3, 0.4) is 0 Å². The number of rotatable bonds is 6. The number of likely N-dealkylation sites (N-methyl/N-ethyl adjacent to an activating group) is 1. The minimum atomic E-state index is 0.395. The van der Waals surface area contributed by atoms with Crippen molar-refractivity contribution in [2.75, 3.05) is 39.6 Å². The number of nitrogens with one attached hydrogen (secondary N) is 1. The highest BCUT2D eigenvalue weighted by atomic mass is 35.5. The highest BCUT2D eigenvalue weighted by molar-refractivity contribution is 6.18. The maximum absolute atomic E-state index is 6.13. The van der Waals surface area contributed by atoms with Crippen molar-refractivity contribution < 1.29 is 0 Å². The molecule has 0 spiro atoms. The van der Waals surface area contributed by atoms with Crippen LogP contribution in [0.2, 0.25) is 0 Å². The van der Waals surface area contributed by atoms with Crippen molar-refractivity contribution in [3.05, 3.63) is 0 Å². The Labute approximate surface area is 99.4 Å². The fraction of sp³-hybridized carbons (Fsp3) is 1.00. The van der Waals surface area contributed by atoms with Gasteiger partial charge in [0.05, 0.1) is 0 Å². The normalized spacial score (nSPS) is 20.8. The van der Waals surface area contributed by atoms with Gasteiger partial charge in [-0.05, 0) is 32.4 Å². The number of alkyl halides is 1. The molecule has 3 heteroatoms. The van der Waals surface area contributed by atoms with Crippen LogP contribution in [0, 0.1) is 5.41 Å². The van der Waals surface area contributed by atoms with Crippen molar-refractivity contribution in [1.82, 2.24) is 10.2 Å². The van der Waals surface area contributed by atoms with Gasteiger partial charge in [0, 0.05) is 25.5 Å². The molecule has 1 aliphatic rings. The Bertz CT molecular complexity index is 165. The first-order chi connectivity index (χ1) is 7.18. The molecule has 90 valence electrons. The van der Waals surface area contributed by atoms with Crippen LogP contribution in [-0.4, -0.2) is 44.5 Å². The molecule has 0 radical (unpaired) electrons. The van der Waals surface area contributed by atoms with Crippen LogP contribution in [0.1, 0.15) is 32.1 Å². The number of nitrogens with zero attached hydrogens (tertiary/aromatic N) is 1. The highest BCUT2D eigenvalue weighted by Gasteiger charge is 2.30. The molecule has 15 heavy (non-hydrogen) atoms. The van der Waals surface area contributed by atoms with E-state index in [4.69, 9.17) is 11.6 Å². The van der Waals surface area contributed by atoms with Gasteiger partial charge in [0.25, 0.3) is 0 Å². The Balaban J connectivity index is 2.20. The van der Waals surface area contributed by atoms with Crippen molar-refractivity contribution >= 4 is 11.6 Å². The molecule has 0 aromatic carbocycles. The fourth-order valence-corrected chi connectivity index (χ4v) is 2.68. The quantitative estimate of drug-likeness (QED) is 0.559. The smallest absolute Gasteiger partial charge is 0.0292 e. The van der Waals surface area contributed by atoms with Crippen LogP contribution in [-0.2, 0) is 0 Å². The lowest BCUT2D eigenvalue weighted by Crippen LogP contribution is -2.39. The zero-order valence-electron chi connectivity index (χ0n) is 10.2. The summed E-state index contributed by atoms with van der Waals surface area (Å²) in [5.74, 6) is 0.821. The summed E-state index contributed by atoms with van der Waals surface area (Å²) in [6.45, 7) is 3.29. The summed E-state index contributed by atoms with van der Waals surface area (Å²) in [4.78, 5) is 2.21. The first-order valence-corrected chi connectivity index (χ1v) is 6.63. The summed E-state index contributed by atoms with van der Waals surface area (Å²) < 4.78 is 0. The highest BCUT2D eigenvalue weighted by Crippen LogP contribution is 2.36. The molecule has 0 unspecified atom stereocenters. The van der Waals surface area contributed by atoms with Crippen molar-refractivity contribution in [3.63, 3.8) is 0 Å². The van der Waals surface area contributed by atoms with E-state index in [1.54, 1.807) is 0 Å². The lowest BCUT2D eigenvalue weighted by atomic mass is 9.75. The monoisotopic (exact) mass is 232 g/mol. The zero-order valence-corrected chi connectivity index (χ0v) is 10.9. The molecule has 0 saturated heterocycles. The van der Waals surface area contributed by atoms with Gasteiger partial charge in [-0.2, -0.15) is 0 Å². The summed E-state index contributed by atoms with van der Waals surface area (Å²) in [6.07, 6.45) is 6.75. The molecule has 1 saturated carbocycles. The molecule has 0 bridgehead atoms. The molecule has 0 heterocycles. The summed E-state index contributed by atoms with van der Waals surface area (Å²) in [7, 11) is 4.22. The standard InChI is InChI=1S/C12H25ClN2/c1-15(2)9-8-14-11-12(10-13)6-4-3-5-7-12/h14H,3-11H2,1-2H3. The Morgan fingerprint density at radius 3 is 2.40 bits per heavy atom. The van der Waals surface area contributed by atoms with E-state index in [-0.39, 0.29) is 0 Å². The summed E-state index contributed by atoms with van der Waals surface area (Å²) >= 11 is 6.13. The second kappa shape index (κ2) is 6.72. The van der Waals surface area contributed by atoms with Gasteiger partial charge >= 0.3 is 0 Å². The fourth-order valence-electron chi connectivity index (χ4n) is 2.32. The van der Waals surface area contributed by atoms with E-state index >= 15 is 0 Å². The Kier molecular flexibility index (Phi) is 5.95. The van der Waals surface area contributed by atoms with Crippen molar-refractivity contribution in [2.24, 2.45) is 5.41 Å². The molecular weight excluding hydrogens is 208 g/mol. The van der Waals surface area contributed by atoms with E-state index in [2.05, 4.69) is 24.3 Å². The average molecular weight is 233 g/mol. The Hall–Kier alpha value is 0.210. The van der Waals surface area contributed by atoms with Crippen LogP contribution in [0.15, 0.2) is 0 Å². The number of hydrogen-bond acceptors (Lipinski definition) is 2. The molecule has 0 atom stereocenters. The zero-order chi connectivity index (χ0) is 11.1. The number of halogens is 1. The van der Waals surface area contributed by atoms with E-state index in [1.165, 1.54) is 32.1 Å². The maximum Gasteiger partial charge on any atom is 0.0292 e. The van der Waals surface area contributed by atoms with Crippen LogP contribution in [0.25, 0.3) is 0 Å². The van der Waals surface area contributed by atoms with Gasteiger partial charge in [0.1, 0.15) is 0 Å². The second-order valence-electron chi connectivity index (χ2n) is 5.17. The van der Waals surface area contributed by atoms with E-state index in [0.29, 0.717) is 5.41 Å². The third-order valence-electron chi connectivity index (χ3n) is 3.43. The van der Waals surface area contributed by atoms with Crippen LogP contribution in [0.4, 0.5) is 0 Å². The van der Waals surface area contributed by atoms with Crippen molar-refractivity contribution in [1.29, 1.82) is 0 Å². The molecule has 2 nitrogen and oxygen atoms in total. The lowest BCUT2D eigenvalue weighted by molar-refractivity contribution is 0.210. The predicted molar refractivity (Wildman–Crippen MR) is 67.7 cm³/mol. The summed E-state index contributed by atoms with van der Waals surface area (Å²) in [5.41, 5.74) is 0.395. The van der Waals surface area contributed by atoms with Crippen LogP contribution < -0.4 is 5.32 Å². The predicted octanol–water partition coefficient (Wildman–Crippen LogP) is 2.33. The first kappa shape index (κ1) is 13.3. The molecule has 0 aliphatic heterocycles. The molecule has 1 fully saturated rings. The SMILES string of the molecule is CN(C)CCNCC1(CCl)CCCCC1. The summed E-state index contributed by atoms with van der Waals surface area (Å²) in [6, 6.07) is 0. The second-order valence-corrected chi connectivity index (χ2v) is 5.44. The van der Waals surface area contributed by atoms with E-state index < -0.39 is 0 Å². The molecular formula is C12H25ClN2. The number of hydrogen-bond donors (Lipinski definition) is 1. The van der Waals surface area contributed by atoms with Crippen LogP contribution in [0.5, 0.6) is 0 Å². The Morgan fingerprint density at radius 1 is 1.20 bits per heavy atom. The van der Waals surface area contributed by atoms with E-state index in [0.717, 1.165) is 25.5 Å². The van der Waals surface area contributed by atoms with Gasteiger partial charge in [-0.3, -0.25) is 0 Å². The minimum absolute atomic E-state index is 0.395. The molecule has 1 rings (SSSR count). The van der Waals surface area contributed by atoms with Gasteiger partial charge in [-0.15, -0.1) is 11.6 Å². The minimum Gasteiger partial charge on any atom is -0.315 e. The lowest BCUT2D eigenvalue weighted by Gasteiger charge is -2.36. The molecule has 1 N–H and O–H groups in total. The third-order valence-corrected chi connectivity index (χ3v) is 4.00. The van der Waals surface area contributed by atoms with Crippen molar-refractivity contribution in [3.8, 4) is 0 Å². The maximum atomic E-state index is 6.13. The first-order valence-electron chi connectivity index (χ1n) is 6.10.